The summed E-state index contributed by atoms with van der Waals surface area (Å²) in [6.45, 7) is 3.21. The molecule has 3 atom stereocenters. The van der Waals surface area contributed by atoms with Crippen LogP contribution in [0.5, 0.6) is 0 Å². The number of nitrogens with zero attached hydrogens (tertiary/aromatic N) is 3. The molecule has 0 spiro atoms. The minimum atomic E-state index is -0.516. The number of carbonyl (C=O) groups is 1. The van der Waals surface area contributed by atoms with E-state index in [1.165, 1.54) is 0 Å². The minimum absolute atomic E-state index is 0.0501. The van der Waals surface area contributed by atoms with Crippen molar-refractivity contribution in [3.63, 3.8) is 0 Å². The number of hydrogen-bond acceptors (Lipinski definition) is 7. The lowest BCUT2D eigenvalue weighted by Crippen LogP contribution is -2.55. The van der Waals surface area contributed by atoms with Crippen molar-refractivity contribution < 1.29 is 14.3 Å². The van der Waals surface area contributed by atoms with Gasteiger partial charge >= 0.3 is 0 Å². The Morgan fingerprint density at radius 1 is 1.30 bits per heavy atom. The molecule has 0 amide bonds. The van der Waals surface area contributed by atoms with Crippen molar-refractivity contribution in [2.75, 3.05) is 18.0 Å². The standard InChI is InChI=1S/C23H26N4O3/c1-13-11-27(12-17(24)22(13)29)19-6-7-25-10-16(19)8-20(28)18-5-4-15-9-21(14-2-3-14)30-23(15)26-18/h4-7,9-10,13-14,17,22,29H,2-3,8,11-12,24H2,1H3/t13-,17+,22+/m0/s1. The summed E-state index contributed by atoms with van der Waals surface area (Å²) < 4.78 is 5.86. The van der Waals surface area contributed by atoms with Crippen LogP contribution in [0.2, 0.25) is 0 Å². The molecular formula is C23H26N4O3. The number of fused-ring (bicyclic) bond motifs is 1. The molecule has 5 rings (SSSR count). The van der Waals surface area contributed by atoms with Crippen molar-refractivity contribution in [3.8, 4) is 0 Å². The molecular weight excluding hydrogens is 380 g/mol. The van der Waals surface area contributed by atoms with Crippen LogP contribution >= 0.6 is 0 Å². The number of ketones is 1. The van der Waals surface area contributed by atoms with Gasteiger partial charge < -0.3 is 20.2 Å². The maximum absolute atomic E-state index is 13.0. The second-order valence-corrected chi connectivity index (χ2v) is 8.65. The number of aliphatic hydroxyl groups is 1. The summed E-state index contributed by atoms with van der Waals surface area (Å²) in [5.41, 5.74) is 8.81. The maximum atomic E-state index is 13.0. The van der Waals surface area contributed by atoms with Crippen LogP contribution in [-0.4, -0.2) is 46.1 Å². The summed E-state index contributed by atoms with van der Waals surface area (Å²) >= 11 is 0. The molecule has 30 heavy (non-hydrogen) atoms. The second-order valence-electron chi connectivity index (χ2n) is 8.65. The molecule has 1 aliphatic carbocycles. The van der Waals surface area contributed by atoms with E-state index in [-0.39, 0.29) is 24.2 Å². The Morgan fingerprint density at radius 3 is 2.90 bits per heavy atom. The van der Waals surface area contributed by atoms with Crippen molar-refractivity contribution in [2.45, 2.75) is 44.2 Å². The van der Waals surface area contributed by atoms with Crippen LogP contribution in [0.1, 0.15) is 47.5 Å². The van der Waals surface area contributed by atoms with Gasteiger partial charge in [-0.1, -0.05) is 6.92 Å². The predicted octanol–water partition coefficient (Wildman–Crippen LogP) is 2.67. The molecule has 156 valence electrons. The van der Waals surface area contributed by atoms with E-state index in [1.54, 1.807) is 18.5 Å². The number of rotatable bonds is 5. The third-order valence-corrected chi connectivity index (χ3v) is 6.20. The van der Waals surface area contributed by atoms with Gasteiger partial charge in [-0.05, 0) is 37.1 Å². The van der Waals surface area contributed by atoms with E-state index in [4.69, 9.17) is 10.2 Å². The molecule has 3 aromatic rings. The van der Waals surface area contributed by atoms with Gasteiger partial charge in [0.2, 0.25) is 5.71 Å². The highest BCUT2D eigenvalue weighted by atomic mass is 16.3. The number of aromatic nitrogens is 2. The molecule has 2 aliphatic rings. The lowest BCUT2D eigenvalue weighted by molar-refractivity contribution is 0.0784. The zero-order valence-electron chi connectivity index (χ0n) is 17.0. The largest absolute Gasteiger partial charge is 0.442 e. The number of aliphatic hydroxyl groups excluding tert-OH is 1. The third-order valence-electron chi connectivity index (χ3n) is 6.20. The van der Waals surface area contributed by atoms with Gasteiger partial charge in [-0.25, -0.2) is 4.98 Å². The first-order valence-electron chi connectivity index (χ1n) is 10.5. The summed E-state index contributed by atoms with van der Waals surface area (Å²) in [6, 6.07) is 7.28. The Kier molecular flexibility index (Phi) is 4.79. The van der Waals surface area contributed by atoms with E-state index >= 15 is 0 Å². The number of hydrogen-bond donors (Lipinski definition) is 2. The second kappa shape index (κ2) is 7.49. The molecule has 0 unspecified atom stereocenters. The van der Waals surface area contributed by atoms with Gasteiger partial charge in [-0.3, -0.25) is 9.78 Å². The molecule has 3 aromatic heterocycles. The SMILES string of the molecule is C[C@H]1CN(c2ccncc2CC(=O)c2ccc3cc(C4CC4)oc3n2)C[C@@H](N)[C@@H]1O. The molecule has 1 saturated carbocycles. The van der Waals surface area contributed by atoms with Crippen LogP contribution in [0.25, 0.3) is 11.1 Å². The van der Waals surface area contributed by atoms with Gasteiger partial charge in [0.05, 0.1) is 6.10 Å². The normalized spacial score (nSPS) is 24.4. The molecule has 0 radical (unpaired) electrons. The molecule has 0 bridgehead atoms. The highest BCUT2D eigenvalue weighted by Crippen LogP contribution is 2.42. The molecule has 7 nitrogen and oxygen atoms in total. The van der Waals surface area contributed by atoms with Gasteiger partial charge in [-0.2, -0.15) is 0 Å². The first kappa shape index (κ1) is 19.2. The number of anilines is 1. The number of Topliss-reactive ketones (excluding diaryl/α,β-unsaturated/α-hetero) is 1. The van der Waals surface area contributed by atoms with Crippen molar-refractivity contribution in [1.29, 1.82) is 0 Å². The summed E-state index contributed by atoms with van der Waals surface area (Å²) in [5.74, 6) is 1.45. The lowest BCUT2D eigenvalue weighted by atomic mass is 9.92. The highest BCUT2D eigenvalue weighted by Gasteiger charge is 2.32. The number of carbonyl (C=O) groups excluding carboxylic acids is 1. The van der Waals surface area contributed by atoms with Crippen molar-refractivity contribution in [1.82, 2.24) is 9.97 Å². The minimum Gasteiger partial charge on any atom is -0.442 e. The average molecular weight is 406 g/mol. The van der Waals surface area contributed by atoms with Crippen LogP contribution < -0.4 is 10.6 Å². The molecule has 7 heteroatoms. The fourth-order valence-corrected chi connectivity index (χ4v) is 4.30. The lowest BCUT2D eigenvalue weighted by Gasteiger charge is -2.40. The fraction of sp³-hybridized carbons (Fsp3) is 0.435. The van der Waals surface area contributed by atoms with Gasteiger partial charge in [-0.15, -0.1) is 0 Å². The Bertz CT molecular complexity index is 1080. The van der Waals surface area contributed by atoms with Crippen LogP contribution in [0.4, 0.5) is 5.69 Å². The first-order valence-corrected chi connectivity index (χ1v) is 10.5. The zero-order chi connectivity index (χ0) is 20.8. The summed E-state index contributed by atoms with van der Waals surface area (Å²) in [7, 11) is 0. The van der Waals surface area contributed by atoms with Gasteiger partial charge in [0, 0.05) is 66.4 Å². The van der Waals surface area contributed by atoms with Crippen molar-refractivity contribution >= 4 is 22.6 Å². The molecule has 1 aliphatic heterocycles. The molecule has 3 N–H and O–H groups in total. The van der Waals surface area contributed by atoms with E-state index in [1.807, 2.05) is 25.1 Å². The third kappa shape index (κ3) is 3.59. The smallest absolute Gasteiger partial charge is 0.226 e. The van der Waals surface area contributed by atoms with Crippen molar-refractivity contribution in [3.05, 3.63) is 53.7 Å². The average Bonchev–Trinajstić information content (AvgIpc) is 3.50. The van der Waals surface area contributed by atoms with E-state index in [0.717, 1.165) is 35.2 Å². The number of nitrogens with two attached hydrogens (primary N) is 1. The van der Waals surface area contributed by atoms with Gasteiger partial charge in [0.25, 0.3) is 0 Å². The fourth-order valence-electron chi connectivity index (χ4n) is 4.30. The number of piperidine rings is 1. The van der Waals surface area contributed by atoms with Crippen molar-refractivity contribution in [2.24, 2.45) is 11.7 Å². The summed E-state index contributed by atoms with van der Waals surface area (Å²) in [4.78, 5) is 23.8. The highest BCUT2D eigenvalue weighted by molar-refractivity contribution is 5.98. The Hall–Kier alpha value is -2.77. The molecule has 0 aromatic carbocycles. The quantitative estimate of drug-likeness (QED) is 0.628. The monoisotopic (exact) mass is 406 g/mol. The number of furan rings is 1. The molecule has 2 fully saturated rings. The van der Waals surface area contributed by atoms with E-state index in [9.17, 15) is 9.90 Å². The topological polar surface area (TPSA) is 105 Å². The van der Waals surface area contributed by atoms with Gasteiger partial charge in [0.1, 0.15) is 11.5 Å². The first-order chi connectivity index (χ1) is 14.5. The van der Waals surface area contributed by atoms with E-state index in [0.29, 0.717) is 30.4 Å². The van der Waals surface area contributed by atoms with Crippen LogP contribution in [-0.2, 0) is 6.42 Å². The Labute approximate surface area is 174 Å². The van der Waals surface area contributed by atoms with Crippen LogP contribution in [0.15, 0.2) is 41.1 Å². The molecule has 1 saturated heterocycles. The number of pyridine rings is 2. The Morgan fingerprint density at radius 2 is 2.13 bits per heavy atom. The van der Waals surface area contributed by atoms with Crippen LogP contribution in [0.3, 0.4) is 0 Å². The van der Waals surface area contributed by atoms with E-state index < -0.39 is 6.10 Å². The predicted molar refractivity (Wildman–Crippen MR) is 114 cm³/mol. The molecule has 4 heterocycles. The maximum Gasteiger partial charge on any atom is 0.226 e. The van der Waals surface area contributed by atoms with E-state index in [2.05, 4.69) is 14.9 Å². The zero-order valence-corrected chi connectivity index (χ0v) is 17.0. The summed E-state index contributed by atoms with van der Waals surface area (Å²) in [5, 5.41) is 11.1. The summed E-state index contributed by atoms with van der Waals surface area (Å²) in [6.07, 6.45) is 5.44. The van der Waals surface area contributed by atoms with Crippen LogP contribution in [0, 0.1) is 5.92 Å². The van der Waals surface area contributed by atoms with Gasteiger partial charge in [0.15, 0.2) is 5.78 Å². The Balaban J connectivity index is 1.38.